The second-order valence-electron chi connectivity index (χ2n) is 3.56. The molecule has 1 aromatic heterocycles. The van der Waals surface area contributed by atoms with Gasteiger partial charge in [-0.15, -0.1) is 0 Å². The number of anilines is 1. The van der Waals surface area contributed by atoms with E-state index in [-0.39, 0.29) is 0 Å². The van der Waals surface area contributed by atoms with Crippen molar-refractivity contribution >= 4 is 16.8 Å². The van der Waals surface area contributed by atoms with E-state index in [1.807, 2.05) is 19.1 Å². The fourth-order valence-corrected chi connectivity index (χ4v) is 1.57. The molecule has 0 saturated heterocycles. The molecule has 14 heavy (non-hydrogen) atoms. The average molecular weight is 190 g/mol. The average Bonchev–Trinajstić information content (AvgIpc) is 2.48. The summed E-state index contributed by atoms with van der Waals surface area (Å²) in [5.74, 6) is 0.778. The van der Waals surface area contributed by atoms with E-state index in [9.17, 15) is 0 Å². The summed E-state index contributed by atoms with van der Waals surface area (Å²) in [5, 5.41) is 0. The second-order valence-corrected chi connectivity index (χ2v) is 3.56. The summed E-state index contributed by atoms with van der Waals surface area (Å²) in [7, 11) is 0. The molecule has 0 aliphatic rings. The predicted molar refractivity (Wildman–Crippen MR) is 57.2 cm³/mol. The molecule has 0 aliphatic heterocycles. The summed E-state index contributed by atoms with van der Waals surface area (Å²) in [4.78, 5) is 4.38. The first-order valence-electron chi connectivity index (χ1n) is 4.86. The lowest BCUT2D eigenvalue weighted by atomic mass is 10.2. The van der Waals surface area contributed by atoms with Gasteiger partial charge in [0.2, 0.25) is 0 Å². The van der Waals surface area contributed by atoms with Crippen LogP contribution in [0.15, 0.2) is 16.5 Å². The largest absolute Gasteiger partial charge is 0.439 e. The molecule has 0 saturated carbocycles. The Hall–Kier alpha value is -1.51. The molecule has 0 radical (unpaired) electrons. The van der Waals surface area contributed by atoms with E-state index in [4.69, 9.17) is 10.2 Å². The smallest absolute Gasteiger partial charge is 0.195 e. The number of nitrogens with two attached hydrogens (primary N) is 1. The highest BCUT2D eigenvalue weighted by atomic mass is 16.3. The van der Waals surface area contributed by atoms with E-state index in [0.29, 0.717) is 5.69 Å². The van der Waals surface area contributed by atoms with Crippen molar-refractivity contribution in [1.29, 1.82) is 0 Å². The maximum absolute atomic E-state index is 5.83. The highest BCUT2D eigenvalue weighted by Crippen LogP contribution is 2.24. The van der Waals surface area contributed by atoms with Gasteiger partial charge in [0, 0.05) is 6.42 Å². The van der Waals surface area contributed by atoms with Gasteiger partial charge in [-0.1, -0.05) is 6.92 Å². The number of nitrogens with zero attached hydrogens (tertiary/aromatic N) is 1. The van der Waals surface area contributed by atoms with Crippen LogP contribution < -0.4 is 5.73 Å². The number of hydrogen-bond donors (Lipinski definition) is 1. The van der Waals surface area contributed by atoms with Crippen molar-refractivity contribution in [2.45, 2.75) is 26.7 Å². The summed E-state index contributed by atoms with van der Waals surface area (Å²) < 4.78 is 5.56. The summed E-state index contributed by atoms with van der Waals surface area (Å²) in [6.45, 7) is 4.10. The highest BCUT2D eigenvalue weighted by Gasteiger charge is 2.08. The van der Waals surface area contributed by atoms with E-state index in [1.54, 1.807) is 0 Å². The summed E-state index contributed by atoms with van der Waals surface area (Å²) >= 11 is 0. The Morgan fingerprint density at radius 1 is 1.43 bits per heavy atom. The Morgan fingerprint density at radius 2 is 2.21 bits per heavy atom. The first-order chi connectivity index (χ1) is 6.70. The van der Waals surface area contributed by atoms with Crippen LogP contribution in [0.1, 0.15) is 24.8 Å². The van der Waals surface area contributed by atoms with Crippen LogP contribution in [0.4, 0.5) is 5.69 Å². The van der Waals surface area contributed by atoms with E-state index in [1.165, 1.54) is 0 Å². The van der Waals surface area contributed by atoms with Gasteiger partial charge >= 0.3 is 0 Å². The molecule has 2 rings (SSSR count). The van der Waals surface area contributed by atoms with Gasteiger partial charge in [-0.25, -0.2) is 4.98 Å². The molecule has 74 valence electrons. The lowest BCUT2D eigenvalue weighted by Crippen LogP contribution is -1.86. The minimum Gasteiger partial charge on any atom is -0.439 e. The van der Waals surface area contributed by atoms with E-state index in [0.717, 1.165) is 35.4 Å². The molecule has 0 atom stereocenters. The Kier molecular flexibility index (Phi) is 2.15. The van der Waals surface area contributed by atoms with E-state index >= 15 is 0 Å². The Morgan fingerprint density at radius 3 is 2.93 bits per heavy atom. The maximum atomic E-state index is 5.83. The highest BCUT2D eigenvalue weighted by molar-refractivity contribution is 5.85. The number of oxazole rings is 1. The fourth-order valence-electron chi connectivity index (χ4n) is 1.57. The topological polar surface area (TPSA) is 52.0 Å². The molecule has 0 fully saturated rings. The minimum atomic E-state index is 0.676. The van der Waals surface area contributed by atoms with E-state index in [2.05, 4.69) is 11.9 Å². The Labute approximate surface area is 82.9 Å². The molecule has 0 unspecified atom stereocenters. The summed E-state index contributed by atoms with van der Waals surface area (Å²) in [6, 6.07) is 3.90. The second kappa shape index (κ2) is 3.33. The summed E-state index contributed by atoms with van der Waals surface area (Å²) in [6.07, 6.45) is 1.90. The quantitative estimate of drug-likeness (QED) is 0.741. The number of nitrogen functional groups attached to an aromatic ring is 1. The van der Waals surface area contributed by atoms with Gasteiger partial charge in [-0.3, -0.25) is 0 Å². The molecule has 1 heterocycles. The van der Waals surface area contributed by atoms with Crippen molar-refractivity contribution in [2.75, 3.05) is 5.73 Å². The molecular formula is C11H14N2O. The van der Waals surface area contributed by atoms with Crippen molar-refractivity contribution in [2.24, 2.45) is 0 Å². The van der Waals surface area contributed by atoms with Gasteiger partial charge in [0.15, 0.2) is 11.5 Å². The summed E-state index contributed by atoms with van der Waals surface area (Å²) in [5.41, 5.74) is 9.21. The van der Waals surface area contributed by atoms with Gasteiger partial charge in [0.05, 0.1) is 5.69 Å². The van der Waals surface area contributed by atoms with Crippen LogP contribution in [-0.4, -0.2) is 4.98 Å². The van der Waals surface area contributed by atoms with Crippen LogP contribution in [0, 0.1) is 6.92 Å². The van der Waals surface area contributed by atoms with Crippen molar-refractivity contribution in [3.05, 3.63) is 23.6 Å². The standard InChI is InChI=1S/C11H14N2O/c1-3-4-10-13-9-6-7(2)5-8(12)11(9)14-10/h5-6H,3-4,12H2,1-2H3. The first kappa shape index (κ1) is 9.06. The molecule has 0 spiro atoms. The third kappa shape index (κ3) is 1.45. The molecular weight excluding hydrogens is 176 g/mol. The zero-order valence-electron chi connectivity index (χ0n) is 8.50. The lowest BCUT2D eigenvalue weighted by molar-refractivity contribution is 0.526. The fraction of sp³-hybridized carbons (Fsp3) is 0.364. The Bertz CT molecular complexity index is 460. The van der Waals surface area contributed by atoms with Gasteiger partial charge in [0.1, 0.15) is 5.52 Å². The number of rotatable bonds is 2. The van der Waals surface area contributed by atoms with Gasteiger partial charge in [-0.05, 0) is 31.0 Å². The molecule has 2 aromatic rings. The van der Waals surface area contributed by atoms with E-state index < -0.39 is 0 Å². The molecule has 1 aromatic carbocycles. The molecule has 0 bridgehead atoms. The number of benzene rings is 1. The zero-order valence-corrected chi connectivity index (χ0v) is 8.50. The Balaban J connectivity index is 2.58. The van der Waals surface area contributed by atoms with Crippen LogP contribution in [0.3, 0.4) is 0 Å². The normalized spacial score (nSPS) is 11.0. The number of fused-ring (bicyclic) bond motifs is 1. The number of aryl methyl sites for hydroxylation is 2. The predicted octanol–water partition coefficient (Wildman–Crippen LogP) is 2.67. The van der Waals surface area contributed by atoms with Gasteiger partial charge in [-0.2, -0.15) is 0 Å². The third-order valence-electron chi connectivity index (χ3n) is 2.17. The van der Waals surface area contributed by atoms with Crippen LogP contribution in [-0.2, 0) is 6.42 Å². The molecule has 3 nitrogen and oxygen atoms in total. The van der Waals surface area contributed by atoms with Crippen molar-refractivity contribution in [3.8, 4) is 0 Å². The SMILES string of the molecule is CCCc1nc2cc(C)cc(N)c2o1. The van der Waals surface area contributed by atoms with Gasteiger partial charge < -0.3 is 10.2 Å². The van der Waals surface area contributed by atoms with Crippen LogP contribution in [0.5, 0.6) is 0 Å². The van der Waals surface area contributed by atoms with Crippen LogP contribution >= 0.6 is 0 Å². The van der Waals surface area contributed by atoms with Gasteiger partial charge in [0.25, 0.3) is 0 Å². The molecule has 3 heteroatoms. The first-order valence-corrected chi connectivity index (χ1v) is 4.86. The molecule has 0 amide bonds. The zero-order chi connectivity index (χ0) is 10.1. The van der Waals surface area contributed by atoms with Crippen LogP contribution in [0.2, 0.25) is 0 Å². The number of aromatic nitrogens is 1. The van der Waals surface area contributed by atoms with Crippen molar-refractivity contribution in [1.82, 2.24) is 4.98 Å². The number of hydrogen-bond acceptors (Lipinski definition) is 3. The monoisotopic (exact) mass is 190 g/mol. The third-order valence-corrected chi connectivity index (χ3v) is 2.17. The molecule has 0 aliphatic carbocycles. The maximum Gasteiger partial charge on any atom is 0.195 e. The molecule has 2 N–H and O–H groups in total. The van der Waals surface area contributed by atoms with Crippen LogP contribution in [0.25, 0.3) is 11.1 Å². The minimum absolute atomic E-state index is 0.676. The lowest BCUT2D eigenvalue weighted by Gasteiger charge is -1.95. The van der Waals surface area contributed by atoms with Crippen molar-refractivity contribution in [3.63, 3.8) is 0 Å². The van der Waals surface area contributed by atoms with Crippen molar-refractivity contribution < 1.29 is 4.42 Å².